The molecule has 0 bridgehead atoms. The summed E-state index contributed by atoms with van der Waals surface area (Å²) in [5, 5.41) is 0. The van der Waals surface area contributed by atoms with E-state index in [2.05, 4.69) is 51.4 Å². The molecule has 0 aromatic carbocycles. The molecule has 64 valence electrons. The third-order valence-corrected chi connectivity index (χ3v) is 3.29. The highest BCUT2D eigenvalue weighted by Gasteiger charge is 2.26. The van der Waals surface area contributed by atoms with Crippen molar-refractivity contribution < 1.29 is 0 Å². The second kappa shape index (κ2) is 2.83. The zero-order valence-electron chi connectivity index (χ0n) is 7.08. The maximum atomic E-state index is 4.26. The minimum absolute atomic E-state index is 0.560. The zero-order chi connectivity index (χ0) is 8.72. The minimum Gasteiger partial charge on any atom is -0.356 e. The van der Waals surface area contributed by atoms with E-state index in [9.17, 15) is 0 Å². The summed E-state index contributed by atoms with van der Waals surface area (Å²) in [6, 6.07) is 0.560. The van der Waals surface area contributed by atoms with Gasteiger partial charge in [-0.3, -0.25) is 0 Å². The molecule has 0 amide bonds. The van der Waals surface area contributed by atoms with E-state index in [-0.39, 0.29) is 0 Å². The lowest BCUT2D eigenvalue weighted by Gasteiger charge is -2.16. The topological polar surface area (TPSA) is 29.0 Å². The van der Waals surface area contributed by atoms with Crippen LogP contribution < -0.4 is 4.90 Å². The zero-order valence-corrected chi connectivity index (χ0v) is 9.24. The molecule has 0 aliphatic carbocycles. The van der Waals surface area contributed by atoms with Gasteiger partial charge in [-0.05, 0) is 35.9 Å². The number of hydrogen-bond donors (Lipinski definition) is 0. The Labute approximate surface area is 85.3 Å². The molecular formula is C8H10IN3. The standard InChI is InChI=1S/C8H10IN3/c1-5-3-6-7(9)10-4-11-8(6)12(5)2/h4-5H,3H2,1-2H3. The van der Waals surface area contributed by atoms with Gasteiger partial charge < -0.3 is 4.90 Å². The molecule has 0 saturated carbocycles. The van der Waals surface area contributed by atoms with Gasteiger partial charge in [-0.25, -0.2) is 9.97 Å². The molecule has 4 heteroatoms. The van der Waals surface area contributed by atoms with E-state index < -0.39 is 0 Å². The van der Waals surface area contributed by atoms with Crippen molar-refractivity contribution in [1.29, 1.82) is 0 Å². The lowest BCUT2D eigenvalue weighted by molar-refractivity contribution is 0.727. The predicted molar refractivity (Wildman–Crippen MR) is 56.3 cm³/mol. The fourth-order valence-corrected chi connectivity index (χ4v) is 2.09. The van der Waals surface area contributed by atoms with Gasteiger partial charge in [-0.2, -0.15) is 0 Å². The van der Waals surface area contributed by atoms with E-state index >= 15 is 0 Å². The molecule has 3 nitrogen and oxygen atoms in total. The third kappa shape index (κ3) is 1.09. The van der Waals surface area contributed by atoms with Crippen molar-refractivity contribution in [1.82, 2.24) is 9.97 Å². The van der Waals surface area contributed by atoms with Crippen molar-refractivity contribution in [2.75, 3.05) is 11.9 Å². The highest BCUT2D eigenvalue weighted by molar-refractivity contribution is 14.1. The molecule has 0 spiro atoms. The SMILES string of the molecule is CC1Cc2c(I)ncnc2N1C. The Kier molecular flexibility index (Phi) is 1.94. The van der Waals surface area contributed by atoms with E-state index in [1.54, 1.807) is 6.33 Å². The first kappa shape index (κ1) is 8.22. The summed E-state index contributed by atoms with van der Waals surface area (Å²) in [5.41, 5.74) is 1.30. The summed E-state index contributed by atoms with van der Waals surface area (Å²) < 4.78 is 1.09. The number of aromatic nitrogens is 2. The number of nitrogens with zero attached hydrogens (tertiary/aromatic N) is 3. The van der Waals surface area contributed by atoms with Gasteiger partial charge in [0.1, 0.15) is 15.8 Å². The Bertz CT molecular complexity index is 313. The molecular weight excluding hydrogens is 265 g/mol. The Morgan fingerprint density at radius 2 is 2.33 bits per heavy atom. The number of likely N-dealkylation sites (N-methyl/N-ethyl adjacent to an activating group) is 1. The first-order valence-electron chi connectivity index (χ1n) is 3.92. The highest BCUT2D eigenvalue weighted by Crippen LogP contribution is 2.30. The maximum Gasteiger partial charge on any atom is 0.136 e. The molecule has 1 aliphatic rings. The molecule has 2 heterocycles. The number of halogens is 1. The van der Waals surface area contributed by atoms with Crippen molar-refractivity contribution in [2.45, 2.75) is 19.4 Å². The van der Waals surface area contributed by atoms with Crippen LogP contribution in [0.3, 0.4) is 0 Å². The van der Waals surface area contributed by atoms with Crippen LogP contribution in [0.1, 0.15) is 12.5 Å². The first-order valence-corrected chi connectivity index (χ1v) is 5.00. The van der Waals surface area contributed by atoms with E-state index in [4.69, 9.17) is 0 Å². The Hall–Kier alpha value is -0.390. The highest BCUT2D eigenvalue weighted by atomic mass is 127. The molecule has 1 aromatic rings. The summed E-state index contributed by atoms with van der Waals surface area (Å²) in [5.74, 6) is 1.10. The number of anilines is 1. The lowest BCUT2D eigenvalue weighted by atomic mass is 10.2. The molecule has 0 radical (unpaired) electrons. The van der Waals surface area contributed by atoms with Crippen LogP contribution in [-0.4, -0.2) is 23.1 Å². The van der Waals surface area contributed by atoms with Gasteiger partial charge in [-0.1, -0.05) is 0 Å². The minimum atomic E-state index is 0.560. The van der Waals surface area contributed by atoms with Crippen LogP contribution >= 0.6 is 22.6 Å². The fourth-order valence-electron chi connectivity index (χ4n) is 1.50. The molecule has 1 unspecified atom stereocenters. The Balaban J connectivity index is 2.53. The Morgan fingerprint density at radius 3 is 3.00 bits per heavy atom. The lowest BCUT2D eigenvalue weighted by Crippen LogP contribution is -2.24. The molecule has 2 rings (SSSR count). The third-order valence-electron chi connectivity index (χ3n) is 2.36. The average molecular weight is 275 g/mol. The van der Waals surface area contributed by atoms with Crippen LogP contribution in [0.2, 0.25) is 0 Å². The van der Waals surface area contributed by atoms with E-state index in [0.717, 1.165) is 15.9 Å². The molecule has 0 saturated heterocycles. The largest absolute Gasteiger partial charge is 0.356 e. The normalized spacial score (nSPS) is 21.2. The van der Waals surface area contributed by atoms with Gasteiger partial charge in [0.2, 0.25) is 0 Å². The monoisotopic (exact) mass is 275 g/mol. The average Bonchev–Trinajstić information content (AvgIpc) is 2.32. The number of hydrogen-bond acceptors (Lipinski definition) is 3. The summed E-state index contributed by atoms with van der Waals surface area (Å²) in [6.07, 6.45) is 2.71. The van der Waals surface area contributed by atoms with Crippen LogP contribution in [0.25, 0.3) is 0 Å². The molecule has 1 aromatic heterocycles. The fraction of sp³-hybridized carbons (Fsp3) is 0.500. The quantitative estimate of drug-likeness (QED) is 0.530. The maximum absolute atomic E-state index is 4.26. The van der Waals surface area contributed by atoms with Gasteiger partial charge >= 0.3 is 0 Å². The summed E-state index contributed by atoms with van der Waals surface area (Å²) >= 11 is 2.27. The van der Waals surface area contributed by atoms with E-state index in [1.165, 1.54) is 5.56 Å². The Morgan fingerprint density at radius 1 is 1.58 bits per heavy atom. The van der Waals surface area contributed by atoms with Gasteiger partial charge in [0.05, 0.1) is 0 Å². The molecule has 0 N–H and O–H groups in total. The van der Waals surface area contributed by atoms with Gasteiger partial charge in [-0.15, -0.1) is 0 Å². The van der Waals surface area contributed by atoms with Crippen LogP contribution in [0.15, 0.2) is 6.33 Å². The van der Waals surface area contributed by atoms with Crippen LogP contribution in [-0.2, 0) is 6.42 Å². The predicted octanol–water partition coefficient (Wildman–Crippen LogP) is 1.46. The second-order valence-electron chi connectivity index (χ2n) is 3.13. The van der Waals surface area contributed by atoms with Crippen molar-refractivity contribution in [3.8, 4) is 0 Å². The summed E-state index contributed by atoms with van der Waals surface area (Å²) in [7, 11) is 2.08. The molecule has 12 heavy (non-hydrogen) atoms. The van der Waals surface area contributed by atoms with E-state index in [0.29, 0.717) is 6.04 Å². The van der Waals surface area contributed by atoms with Gasteiger partial charge in [0, 0.05) is 18.7 Å². The van der Waals surface area contributed by atoms with E-state index in [1.807, 2.05) is 0 Å². The first-order chi connectivity index (χ1) is 5.70. The van der Waals surface area contributed by atoms with Crippen molar-refractivity contribution in [2.24, 2.45) is 0 Å². The van der Waals surface area contributed by atoms with Crippen LogP contribution in [0.4, 0.5) is 5.82 Å². The molecule has 0 fully saturated rings. The van der Waals surface area contributed by atoms with Gasteiger partial charge in [0.25, 0.3) is 0 Å². The number of fused-ring (bicyclic) bond motifs is 1. The molecule has 1 atom stereocenters. The summed E-state index contributed by atoms with van der Waals surface area (Å²) in [4.78, 5) is 10.6. The summed E-state index contributed by atoms with van der Waals surface area (Å²) in [6.45, 7) is 2.21. The smallest absolute Gasteiger partial charge is 0.136 e. The van der Waals surface area contributed by atoms with Crippen molar-refractivity contribution in [3.63, 3.8) is 0 Å². The molecule has 1 aliphatic heterocycles. The second-order valence-corrected chi connectivity index (χ2v) is 4.15. The van der Waals surface area contributed by atoms with Gasteiger partial charge in [0.15, 0.2) is 0 Å². The van der Waals surface area contributed by atoms with Crippen molar-refractivity contribution in [3.05, 3.63) is 15.6 Å². The number of rotatable bonds is 0. The van der Waals surface area contributed by atoms with Crippen molar-refractivity contribution >= 4 is 28.4 Å². The van der Waals surface area contributed by atoms with Crippen LogP contribution in [0, 0.1) is 3.70 Å². The van der Waals surface area contributed by atoms with Crippen LogP contribution in [0.5, 0.6) is 0 Å².